The van der Waals surface area contributed by atoms with Crippen LogP contribution in [0, 0.1) is 29.6 Å². The molecule has 30 heavy (non-hydrogen) atoms. The summed E-state index contributed by atoms with van der Waals surface area (Å²) in [5, 5.41) is 19.2. The van der Waals surface area contributed by atoms with Gasteiger partial charge in [0.05, 0.1) is 23.7 Å². The molecule has 1 unspecified atom stereocenters. The molecule has 0 amide bonds. The minimum atomic E-state index is 0.0653. The third-order valence-electron chi connectivity index (χ3n) is 5.21. The van der Waals surface area contributed by atoms with Gasteiger partial charge in [0.2, 0.25) is 11.6 Å². The van der Waals surface area contributed by atoms with Crippen LogP contribution >= 0.6 is 0 Å². The average Bonchev–Trinajstić information content (AvgIpc) is 3.40. The smallest absolute Gasteiger partial charge is 0.239 e. The average molecular weight is 400 g/mol. The van der Waals surface area contributed by atoms with Gasteiger partial charge in [-0.15, -0.1) is 0 Å². The van der Waals surface area contributed by atoms with E-state index in [0.717, 1.165) is 28.1 Å². The van der Waals surface area contributed by atoms with Crippen molar-refractivity contribution in [2.75, 3.05) is 12.0 Å². The highest BCUT2D eigenvalue weighted by Gasteiger charge is 2.31. The van der Waals surface area contributed by atoms with Gasteiger partial charge in [0.25, 0.3) is 0 Å². The molecular weight excluding hydrogens is 380 g/mol. The molecule has 1 atom stereocenters. The Kier molecular flexibility index (Phi) is 4.77. The normalized spacial score (nSPS) is 16.8. The first kappa shape index (κ1) is 19.3. The maximum absolute atomic E-state index is 9.78. The Morgan fingerprint density at radius 2 is 2.13 bits per heavy atom. The lowest BCUT2D eigenvalue weighted by Crippen LogP contribution is -2.26. The van der Waals surface area contributed by atoms with Gasteiger partial charge in [0.1, 0.15) is 23.7 Å². The largest absolute Gasteiger partial charge is 0.497 e. The molecule has 8 heteroatoms. The van der Waals surface area contributed by atoms with E-state index in [-0.39, 0.29) is 11.7 Å². The number of rotatable bonds is 4. The second kappa shape index (κ2) is 7.41. The first-order valence-corrected chi connectivity index (χ1v) is 9.47. The summed E-state index contributed by atoms with van der Waals surface area (Å²) in [6, 6.07) is 9.93. The van der Waals surface area contributed by atoms with E-state index in [9.17, 15) is 10.5 Å². The summed E-state index contributed by atoms with van der Waals surface area (Å²) in [4.78, 5) is 13.8. The van der Waals surface area contributed by atoms with Gasteiger partial charge in [-0.05, 0) is 44.1 Å². The number of fused-ring (bicyclic) bond motifs is 1. The molecule has 0 fully saturated rings. The molecule has 3 aromatic rings. The lowest BCUT2D eigenvalue weighted by Gasteiger charge is -2.22. The van der Waals surface area contributed by atoms with Crippen molar-refractivity contribution in [3.63, 3.8) is 0 Å². The molecule has 8 nitrogen and oxygen atoms in total. The predicted octanol–water partition coefficient (Wildman–Crippen LogP) is 4.22. The molecule has 1 aliphatic rings. The number of hydrogen-bond acceptors (Lipinski definition) is 7. The highest BCUT2D eigenvalue weighted by atomic mass is 16.5. The lowest BCUT2D eigenvalue weighted by molar-refractivity contribution is 0.415. The second-order valence-electron chi connectivity index (χ2n) is 7.17. The Morgan fingerprint density at radius 1 is 1.33 bits per heavy atom. The number of methoxy groups -OCH3 is 1. The molecule has 1 aliphatic heterocycles. The standard InChI is InChI=1S/C22H20N6O2/c1-12-7-15(13(2)28(12)22-20(11-24)25-14(3)30-22)8-16(10-23)21-26-18-6-5-17(29-4)9-19(18)27-21/h5-6,8-9,12H,7H2,1-4H3,(H,26,27)/b16-8+. The van der Waals surface area contributed by atoms with E-state index in [2.05, 4.69) is 27.1 Å². The molecule has 0 radical (unpaired) electrons. The van der Waals surface area contributed by atoms with Crippen LogP contribution in [-0.4, -0.2) is 28.1 Å². The molecule has 4 rings (SSSR count). The molecule has 150 valence electrons. The van der Waals surface area contributed by atoms with Crippen molar-refractivity contribution in [3.05, 3.63) is 53.0 Å². The maximum atomic E-state index is 9.78. The summed E-state index contributed by atoms with van der Waals surface area (Å²) in [5.41, 5.74) is 4.15. The Morgan fingerprint density at radius 3 is 2.83 bits per heavy atom. The van der Waals surface area contributed by atoms with Crippen LogP contribution in [0.15, 0.2) is 40.0 Å². The number of oxazole rings is 1. The predicted molar refractivity (Wildman–Crippen MR) is 111 cm³/mol. The number of anilines is 1. The summed E-state index contributed by atoms with van der Waals surface area (Å²) < 4.78 is 10.9. The van der Waals surface area contributed by atoms with E-state index >= 15 is 0 Å². The Hall–Kier alpha value is -4.04. The van der Waals surface area contributed by atoms with E-state index in [1.165, 1.54) is 0 Å². The summed E-state index contributed by atoms with van der Waals surface area (Å²) in [6.45, 7) is 5.71. The van der Waals surface area contributed by atoms with Crippen molar-refractivity contribution in [2.24, 2.45) is 0 Å². The zero-order chi connectivity index (χ0) is 21.4. The van der Waals surface area contributed by atoms with Crippen molar-refractivity contribution in [3.8, 4) is 17.9 Å². The molecule has 0 saturated heterocycles. The number of aromatic amines is 1. The van der Waals surface area contributed by atoms with E-state index in [0.29, 0.717) is 29.6 Å². The van der Waals surface area contributed by atoms with Crippen LogP contribution in [0.5, 0.6) is 5.75 Å². The Bertz CT molecular complexity index is 1280. The van der Waals surface area contributed by atoms with Gasteiger partial charge in [-0.1, -0.05) is 0 Å². The maximum Gasteiger partial charge on any atom is 0.239 e. The summed E-state index contributed by atoms with van der Waals surface area (Å²) in [7, 11) is 1.61. The third kappa shape index (κ3) is 3.19. The monoisotopic (exact) mass is 400 g/mol. The van der Waals surface area contributed by atoms with Crippen molar-refractivity contribution in [2.45, 2.75) is 33.2 Å². The molecule has 1 N–H and O–H groups in total. The summed E-state index contributed by atoms with van der Waals surface area (Å²) >= 11 is 0. The topological polar surface area (TPSA) is 115 Å². The highest BCUT2D eigenvalue weighted by molar-refractivity contribution is 5.84. The molecule has 0 spiro atoms. The lowest BCUT2D eigenvalue weighted by atomic mass is 10.1. The van der Waals surface area contributed by atoms with Gasteiger partial charge in [-0.3, -0.25) is 0 Å². The molecule has 1 aromatic carbocycles. The molecule has 0 saturated carbocycles. The SMILES string of the molecule is COc1ccc2nc(/C(C#N)=C/C3=C(C)N(c4oc(C)nc4C#N)C(C)C3)[nH]c2c1. The Labute approximate surface area is 173 Å². The number of nitrogens with one attached hydrogen (secondary N) is 1. The van der Waals surface area contributed by atoms with E-state index in [1.54, 1.807) is 14.0 Å². The van der Waals surface area contributed by atoms with Gasteiger partial charge < -0.3 is 19.0 Å². The number of hydrogen-bond donors (Lipinski definition) is 1. The number of benzene rings is 1. The van der Waals surface area contributed by atoms with Crippen LogP contribution in [-0.2, 0) is 0 Å². The van der Waals surface area contributed by atoms with Gasteiger partial charge in [-0.25, -0.2) is 9.97 Å². The molecule has 0 bridgehead atoms. The number of H-pyrrole nitrogens is 1. The quantitative estimate of drug-likeness (QED) is 0.652. The van der Waals surface area contributed by atoms with Crippen LogP contribution in [0.1, 0.15) is 37.7 Å². The number of aromatic nitrogens is 3. The van der Waals surface area contributed by atoms with Crippen LogP contribution in [0.4, 0.5) is 5.88 Å². The fourth-order valence-electron chi connectivity index (χ4n) is 3.78. The highest BCUT2D eigenvalue weighted by Crippen LogP contribution is 2.37. The fraction of sp³-hybridized carbons (Fsp3) is 0.273. The summed E-state index contributed by atoms with van der Waals surface area (Å²) in [6.07, 6.45) is 2.55. The minimum Gasteiger partial charge on any atom is -0.497 e. The molecule has 3 heterocycles. The zero-order valence-corrected chi connectivity index (χ0v) is 17.1. The summed E-state index contributed by atoms with van der Waals surface area (Å²) in [5.74, 6) is 2.11. The Balaban J connectivity index is 1.74. The number of nitrogens with zero attached hydrogens (tertiary/aromatic N) is 5. The van der Waals surface area contributed by atoms with Gasteiger partial charge >= 0.3 is 0 Å². The minimum absolute atomic E-state index is 0.0653. The van der Waals surface area contributed by atoms with Crippen LogP contribution < -0.4 is 9.64 Å². The van der Waals surface area contributed by atoms with E-state index in [4.69, 9.17) is 9.15 Å². The number of ether oxygens (including phenoxy) is 1. The third-order valence-corrected chi connectivity index (χ3v) is 5.21. The molecular formula is C22H20N6O2. The van der Waals surface area contributed by atoms with Gasteiger partial charge in [0, 0.05) is 24.7 Å². The van der Waals surface area contributed by atoms with Crippen molar-refractivity contribution in [1.29, 1.82) is 10.5 Å². The molecule has 0 aliphatic carbocycles. The van der Waals surface area contributed by atoms with E-state index < -0.39 is 0 Å². The van der Waals surface area contributed by atoms with Crippen LogP contribution in [0.25, 0.3) is 16.6 Å². The van der Waals surface area contributed by atoms with Crippen molar-refractivity contribution >= 4 is 22.5 Å². The van der Waals surface area contributed by atoms with E-state index in [1.807, 2.05) is 43.0 Å². The van der Waals surface area contributed by atoms with Crippen molar-refractivity contribution in [1.82, 2.24) is 15.0 Å². The second-order valence-corrected chi connectivity index (χ2v) is 7.17. The first-order chi connectivity index (χ1) is 14.4. The number of aryl methyl sites for hydroxylation is 1. The van der Waals surface area contributed by atoms with Gasteiger partial charge in [-0.2, -0.15) is 10.5 Å². The van der Waals surface area contributed by atoms with Gasteiger partial charge in [0.15, 0.2) is 5.89 Å². The van der Waals surface area contributed by atoms with Crippen LogP contribution in [0.3, 0.4) is 0 Å². The number of imidazole rings is 1. The number of nitriles is 2. The first-order valence-electron chi connectivity index (χ1n) is 9.47. The van der Waals surface area contributed by atoms with Crippen molar-refractivity contribution < 1.29 is 9.15 Å². The number of allylic oxidation sites excluding steroid dienone is 3. The van der Waals surface area contributed by atoms with Crippen LogP contribution in [0.2, 0.25) is 0 Å². The molecule has 2 aromatic heterocycles. The fourth-order valence-corrected chi connectivity index (χ4v) is 3.78. The zero-order valence-electron chi connectivity index (χ0n) is 17.1.